The first-order chi connectivity index (χ1) is 22.6. The number of amidine groups is 1. The van der Waals surface area contributed by atoms with E-state index in [-0.39, 0.29) is 30.0 Å². The second-order valence-corrected chi connectivity index (χ2v) is 14.5. The van der Waals surface area contributed by atoms with Crippen LogP contribution >= 0.6 is 11.6 Å². The van der Waals surface area contributed by atoms with Crippen LogP contribution in [0.2, 0.25) is 5.02 Å². The average Bonchev–Trinajstić information content (AvgIpc) is 3.40. The summed E-state index contributed by atoms with van der Waals surface area (Å²) in [6, 6.07) is 17.2. The van der Waals surface area contributed by atoms with Gasteiger partial charge in [-0.1, -0.05) is 80.8 Å². The zero-order valence-electron chi connectivity index (χ0n) is 28.6. The van der Waals surface area contributed by atoms with Crippen LogP contribution in [0.25, 0.3) is 0 Å². The number of halogens is 1. The quantitative estimate of drug-likeness (QED) is 0.296. The molecule has 3 atom stereocenters. The summed E-state index contributed by atoms with van der Waals surface area (Å²) >= 11 is 6.21. The van der Waals surface area contributed by atoms with E-state index in [0.717, 1.165) is 36.9 Å². The van der Waals surface area contributed by atoms with Crippen LogP contribution in [0.1, 0.15) is 83.5 Å². The van der Waals surface area contributed by atoms with Crippen molar-refractivity contribution in [2.24, 2.45) is 4.99 Å². The first-order valence-electron chi connectivity index (χ1n) is 17.5. The van der Waals surface area contributed by atoms with Crippen molar-refractivity contribution in [2.45, 2.75) is 103 Å². The molecule has 2 aromatic carbocycles. The van der Waals surface area contributed by atoms with Crippen molar-refractivity contribution in [3.05, 3.63) is 70.7 Å². The van der Waals surface area contributed by atoms with Crippen LogP contribution in [0.4, 0.5) is 0 Å². The Balaban J connectivity index is 1.30. The molecule has 0 spiro atoms. The maximum absolute atomic E-state index is 14.3. The molecule has 9 nitrogen and oxygen atoms in total. The molecule has 47 heavy (non-hydrogen) atoms. The third kappa shape index (κ3) is 9.48. The number of likely N-dealkylation sites (tertiary alicyclic amines) is 1. The monoisotopic (exact) mass is 664 g/mol. The molecule has 2 aromatic rings. The number of piperazine rings is 1. The Hall–Kier alpha value is -3.14. The molecule has 10 heteroatoms. The largest absolute Gasteiger partial charge is 0.454 e. The van der Waals surface area contributed by atoms with Gasteiger partial charge < -0.3 is 30.1 Å². The van der Waals surface area contributed by atoms with E-state index in [1.807, 2.05) is 47.4 Å². The van der Waals surface area contributed by atoms with Gasteiger partial charge in [0.25, 0.3) is 6.02 Å². The SMILES string of the molecule is CC(C)NC(CCCCN1CCCCC1)C(=O)N1CCN(C2=NC(C)(C)C(c3ccccc3)O2)C[C@H]1C(=O)NCc1cccc(Cl)c1. The molecule has 0 bridgehead atoms. The van der Waals surface area contributed by atoms with E-state index in [4.69, 9.17) is 21.3 Å². The highest BCUT2D eigenvalue weighted by Gasteiger charge is 2.44. The first-order valence-corrected chi connectivity index (χ1v) is 17.9. The highest BCUT2D eigenvalue weighted by Crippen LogP contribution is 2.38. The number of piperidine rings is 1. The molecule has 2 saturated heterocycles. The van der Waals surface area contributed by atoms with E-state index in [1.165, 1.54) is 32.4 Å². The Bertz CT molecular complexity index is 1360. The van der Waals surface area contributed by atoms with Crippen LogP contribution in [0.3, 0.4) is 0 Å². The van der Waals surface area contributed by atoms with Crippen molar-refractivity contribution in [2.75, 3.05) is 39.3 Å². The number of ether oxygens (including phenoxy) is 1. The van der Waals surface area contributed by atoms with Crippen molar-refractivity contribution in [1.29, 1.82) is 0 Å². The van der Waals surface area contributed by atoms with Gasteiger partial charge in [-0.15, -0.1) is 0 Å². The maximum atomic E-state index is 14.3. The van der Waals surface area contributed by atoms with E-state index in [9.17, 15) is 9.59 Å². The summed E-state index contributed by atoms with van der Waals surface area (Å²) in [5.74, 6) is -0.218. The van der Waals surface area contributed by atoms with Gasteiger partial charge in [0.15, 0.2) is 6.10 Å². The van der Waals surface area contributed by atoms with Crippen molar-refractivity contribution in [3.8, 4) is 0 Å². The van der Waals surface area contributed by atoms with Crippen LogP contribution in [0, 0.1) is 0 Å². The fourth-order valence-corrected chi connectivity index (χ4v) is 7.19. The van der Waals surface area contributed by atoms with Gasteiger partial charge in [-0.2, -0.15) is 0 Å². The summed E-state index contributed by atoms with van der Waals surface area (Å²) in [7, 11) is 0. The third-order valence-electron chi connectivity index (χ3n) is 9.44. The number of unbranched alkanes of at least 4 members (excludes halogenated alkanes) is 1. The van der Waals surface area contributed by atoms with E-state index >= 15 is 0 Å². The minimum Gasteiger partial charge on any atom is -0.454 e. The van der Waals surface area contributed by atoms with Gasteiger partial charge in [0.05, 0.1) is 12.6 Å². The van der Waals surface area contributed by atoms with Gasteiger partial charge in [0.2, 0.25) is 11.8 Å². The minimum absolute atomic E-state index is 0.0176. The smallest absolute Gasteiger partial charge is 0.288 e. The Morgan fingerprint density at radius 3 is 2.49 bits per heavy atom. The number of aliphatic imine (C=N–C) groups is 1. The lowest BCUT2D eigenvalue weighted by Crippen LogP contribution is -2.64. The molecule has 2 fully saturated rings. The Kier molecular flexibility index (Phi) is 12.2. The number of benzene rings is 2. The topological polar surface area (TPSA) is 89.5 Å². The molecule has 0 saturated carbocycles. The minimum atomic E-state index is -0.703. The lowest BCUT2D eigenvalue weighted by Gasteiger charge is -2.42. The molecule has 256 valence electrons. The summed E-state index contributed by atoms with van der Waals surface area (Å²) < 4.78 is 6.49. The molecule has 2 amide bonds. The average molecular weight is 665 g/mol. The van der Waals surface area contributed by atoms with Gasteiger partial charge in [-0.05, 0) is 82.4 Å². The van der Waals surface area contributed by atoms with E-state index in [1.54, 1.807) is 4.90 Å². The van der Waals surface area contributed by atoms with Crippen LogP contribution in [-0.4, -0.2) is 95.5 Å². The predicted molar refractivity (Wildman–Crippen MR) is 188 cm³/mol. The molecule has 0 radical (unpaired) electrons. The number of carbonyl (C=O) groups is 2. The second-order valence-electron chi connectivity index (χ2n) is 14.1. The van der Waals surface area contributed by atoms with Crippen LogP contribution in [0.5, 0.6) is 0 Å². The van der Waals surface area contributed by atoms with Crippen molar-refractivity contribution in [1.82, 2.24) is 25.3 Å². The molecule has 2 N–H and O–H groups in total. The highest BCUT2D eigenvalue weighted by atomic mass is 35.5. The van der Waals surface area contributed by atoms with Crippen LogP contribution in [-0.2, 0) is 20.9 Å². The Labute approximate surface area is 286 Å². The Morgan fingerprint density at radius 1 is 1.00 bits per heavy atom. The summed E-state index contributed by atoms with van der Waals surface area (Å²) in [6.45, 7) is 13.3. The summed E-state index contributed by atoms with van der Waals surface area (Å²) in [5, 5.41) is 7.23. The van der Waals surface area contributed by atoms with E-state index in [0.29, 0.717) is 37.2 Å². The van der Waals surface area contributed by atoms with E-state index < -0.39 is 11.6 Å². The number of carbonyl (C=O) groups excluding carboxylic acids is 2. The molecule has 3 heterocycles. The van der Waals surface area contributed by atoms with Crippen molar-refractivity contribution >= 4 is 29.4 Å². The molecule has 3 aliphatic heterocycles. The number of rotatable bonds is 12. The summed E-state index contributed by atoms with van der Waals surface area (Å²) in [6.07, 6.45) is 6.42. The normalized spacial score (nSPS) is 22.1. The van der Waals surface area contributed by atoms with Crippen LogP contribution in [0.15, 0.2) is 59.6 Å². The van der Waals surface area contributed by atoms with Gasteiger partial charge >= 0.3 is 0 Å². The van der Waals surface area contributed by atoms with Gasteiger partial charge in [0.1, 0.15) is 11.6 Å². The Morgan fingerprint density at radius 2 is 1.77 bits per heavy atom. The fraction of sp³-hybridized carbons (Fsp3) is 0.595. The maximum Gasteiger partial charge on any atom is 0.288 e. The molecule has 3 aliphatic rings. The zero-order valence-corrected chi connectivity index (χ0v) is 29.3. The number of nitrogens with zero attached hydrogens (tertiary/aromatic N) is 4. The fourth-order valence-electron chi connectivity index (χ4n) is 6.98. The molecule has 0 aliphatic carbocycles. The lowest BCUT2D eigenvalue weighted by molar-refractivity contribution is -0.145. The van der Waals surface area contributed by atoms with Gasteiger partial charge in [-0.25, -0.2) is 4.99 Å². The second kappa shape index (κ2) is 16.3. The number of hydrogen-bond acceptors (Lipinski definition) is 7. The first kappa shape index (κ1) is 35.2. The highest BCUT2D eigenvalue weighted by molar-refractivity contribution is 6.30. The standard InChI is InChI=1S/C37H53ClN6O3/c1-27(2)40-31(18-9-12-21-42-19-10-6-11-20-42)35(46)44-23-22-43(26-32(44)34(45)39-25-28-14-13-17-30(38)24-28)36-41-37(3,4)33(47-36)29-15-7-5-8-16-29/h5,7-8,13-17,24,27,31-33,40H,6,9-12,18-23,25-26H2,1-4H3,(H,39,45)/t31?,32-,33?/m0/s1. The van der Waals surface area contributed by atoms with Crippen molar-refractivity contribution < 1.29 is 14.3 Å². The molecule has 5 rings (SSSR count). The van der Waals surface area contributed by atoms with Gasteiger partial charge in [0, 0.05) is 30.7 Å². The third-order valence-corrected chi connectivity index (χ3v) is 9.68. The zero-order chi connectivity index (χ0) is 33.4. The number of hydrogen-bond donors (Lipinski definition) is 2. The van der Waals surface area contributed by atoms with E-state index in [2.05, 4.69) is 55.4 Å². The summed E-state index contributed by atoms with van der Waals surface area (Å²) in [5.41, 5.74) is 1.48. The summed E-state index contributed by atoms with van der Waals surface area (Å²) in [4.78, 5) is 39.6. The number of amides is 2. The number of nitrogens with one attached hydrogen (secondary N) is 2. The predicted octanol–water partition coefficient (Wildman–Crippen LogP) is 5.40. The lowest BCUT2D eigenvalue weighted by atomic mass is 9.93. The molecule has 0 aromatic heterocycles. The van der Waals surface area contributed by atoms with Gasteiger partial charge in [-0.3, -0.25) is 9.59 Å². The van der Waals surface area contributed by atoms with Crippen molar-refractivity contribution in [3.63, 3.8) is 0 Å². The molecule has 2 unspecified atom stereocenters. The molecular weight excluding hydrogens is 612 g/mol. The van der Waals surface area contributed by atoms with Crippen LogP contribution < -0.4 is 10.6 Å². The molecular formula is C37H53ClN6O3.